The molecular weight excluding hydrogens is 525 g/mol. The molecule has 192 valence electrons. The standard InChI is InChI=1S/C25H27Cl2N3O5S/c1-16(24(32)28-19-7-3-2-4-8-19)29(14-17-11-12-18(26)13-21(17)27)23(31)15-30-25(33)20-9-5-6-10-22(20)36(30,34)35/h5-6,9-13,16,19H,2-4,7-8,14-15H2,1H3,(H,28,32)/t16-/m1/s1. The number of halogens is 2. The Morgan fingerprint density at radius 1 is 1.11 bits per heavy atom. The monoisotopic (exact) mass is 551 g/mol. The molecule has 0 spiro atoms. The molecule has 2 aromatic rings. The van der Waals surface area contributed by atoms with Crippen molar-refractivity contribution in [3.8, 4) is 0 Å². The zero-order chi connectivity index (χ0) is 26.0. The summed E-state index contributed by atoms with van der Waals surface area (Å²) in [6.45, 7) is 0.778. The highest BCUT2D eigenvalue weighted by molar-refractivity contribution is 7.90. The third-order valence-electron chi connectivity index (χ3n) is 6.67. The van der Waals surface area contributed by atoms with Crippen LogP contribution in [-0.2, 0) is 26.2 Å². The van der Waals surface area contributed by atoms with Gasteiger partial charge in [-0.2, -0.15) is 0 Å². The average Bonchev–Trinajstić information content (AvgIpc) is 3.04. The van der Waals surface area contributed by atoms with Gasteiger partial charge < -0.3 is 10.2 Å². The van der Waals surface area contributed by atoms with Crippen LogP contribution in [0.2, 0.25) is 10.0 Å². The van der Waals surface area contributed by atoms with E-state index < -0.39 is 34.4 Å². The van der Waals surface area contributed by atoms with Crippen molar-refractivity contribution in [3.63, 3.8) is 0 Å². The number of carbonyl (C=O) groups is 3. The number of nitrogens with zero attached hydrogens (tertiary/aromatic N) is 2. The zero-order valence-corrected chi connectivity index (χ0v) is 22.1. The Morgan fingerprint density at radius 2 is 1.81 bits per heavy atom. The predicted molar refractivity (Wildman–Crippen MR) is 136 cm³/mol. The Balaban J connectivity index is 1.59. The van der Waals surface area contributed by atoms with E-state index in [-0.39, 0.29) is 29.0 Å². The molecule has 4 rings (SSSR count). The summed E-state index contributed by atoms with van der Waals surface area (Å²) in [6, 6.07) is 9.69. The fourth-order valence-corrected chi connectivity index (χ4v) is 6.57. The molecule has 3 amide bonds. The summed E-state index contributed by atoms with van der Waals surface area (Å²) in [5, 5.41) is 3.73. The van der Waals surface area contributed by atoms with Crippen molar-refractivity contribution < 1.29 is 22.8 Å². The van der Waals surface area contributed by atoms with Crippen molar-refractivity contribution in [2.24, 2.45) is 0 Å². The van der Waals surface area contributed by atoms with Gasteiger partial charge in [0.25, 0.3) is 15.9 Å². The third-order valence-corrected chi connectivity index (χ3v) is 9.04. The lowest BCUT2D eigenvalue weighted by Gasteiger charge is -2.32. The first-order valence-electron chi connectivity index (χ1n) is 11.8. The van der Waals surface area contributed by atoms with Gasteiger partial charge in [0.2, 0.25) is 11.8 Å². The van der Waals surface area contributed by atoms with E-state index in [0.29, 0.717) is 19.9 Å². The van der Waals surface area contributed by atoms with Crippen molar-refractivity contribution >= 4 is 50.9 Å². The summed E-state index contributed by atoms with van der Waals surface area (Å²) in [5.41, 5.74) is 0.548. The maximum atomic E-state index is 13.5. The van der Waals surface area contributed by atoms with Gasteiger partial charge in [-0.15, -0.1) is 0 Å². The maximum absolute atomic E-state index is 13.5. The van der Waals surface area contributed by atoms with Crippen LogP contribution in [0.3, 0.4) is 0 Å². The highest BCUT2D eigenvalue weighted by Gasteiger charge is 2.43. The molecule has 0 bridgehead atoms. The molecule has 0 saturated heterocycles. The Morgan fingerprint density at radius 3 is 2.47 bits per heavy atom. The van der Waals surface area contributed by atoms with Gasteiger partial charge in [-0.05, 0) is 49.6 Å². The molecule has 8 nitrogen and oxygen atoms in total. The summed E-state index contributed by atoms with van der Waals surface area (Å²) < 4.78 is 26.5. The molecule has 0 unspecified atom stereocenters. The van der Waals surface area contributed by atoms with Crippen LogP contribution in [0.15, 0.2) is 47.4 Å². The highest BCUT2D eigenvalue weighted by Crippen LogP contribution is 2.30. The van der Waals surface area contributed by atoms with E-state index in [1.165, 1.54) is 29.2 Å². The van der Waals surface area contributed by atoms with Crippen molar-refractivity contribution in [3.05, 3.63) is 63.6 Å². The largest absolute Gasteiger partial charge is 0.352 e. The van der Waals surface area contributed by atoms with E-state index in [1.807, 2.05) is 0 Å². The van der Waals surface area contributed by atoms with Gasteiger partial charge in [0, 0.05) is 22.6 Å². The van der Waals surface area contributed by atoms with E-state index in [0.717, 1.165) is 32.1 Å². The van der Waals surface area contributed by atoms with E-state index >= 15 is 0 Å². The Labute approximate surface area is 220 Å². The lowest BCUT2D eigenvalue weighted by atomic mass is 9.95. The van der Waals surface area contributed by atoms with Crippen LogP contribution in [0.4, 0.5) is 0 Å². The number of sulfonamides is 1. The van der Waals surface area contributed by atoms with Gasteiger partial charge >= 0.3 is 0 Å². The minimum absolute atomic E-state index is 0.0145. The second-order valence-corrected chi connectivity index (χ2v) is 11.8. The first-order valence-corrected chi connectivity index (χ1v) is 14.0. The fraction of sp³-hybridized carbons (Fsp3) is 0.400. The van der Waals surface area contributed by atoms with Gasteiger partial charge in [-0.3, -0.25) is 14.4 Å². The molecule has 2 aromatic carbocycles. The number of benzene rings is 2. The molecular formula is C25H27Cl2N3O5S. The van der Waals surface area contributed by atoms with Crippen LogP contribution in [0, 0.1) is 0 Å². The maximum Gasteiger partial charge on any atom is 0.269 e. The van der Waals surface area contributed by atoms with Crippen LogP contribution in [0.5, 0.6) is 0 Å². The second kappa shape index (κ2) is 10.8. The van der Waals surface area contributed by atoms with Gasteiger partial charge in [-0.1, -0.05) is 60.7 Å². The van der Waals surface area contributed by atoms with Crippen molar-refractivity contribution in [2.45, 2.75) is 62.6 Å². The molecule has 0 radical (unpaired) electrons. The van der Waals surface area contributed by atoms with E-state index in [9.17, 15) is 22.8 Å². The molecule has 1 heterocycles. The molecule has 11 heteroatoms. The topological polar surface area (TPSA) is 104 Å². The van der Waals surface area contributed by atoms with Gasteiger partial charge in [-0.25, -0.2) is 12.7 Å². The van der Waals surface area contributed by atoms with Gasteiger partial charge in [0.1, 0.15) is 17.5 Å². The van der Waals surface area contributed by atoms with E-state index in [4.69, 9.17) is 23.2 Å². The van der Waals surface area contributed by atoms with Crippen molar-refractivity contribution in [2.75, 3.05) is 6.54 Å². The predicted octanol–water partition coefficient (Wildman–Crippen LogP) is 4.00. The summed E-state index contributed by atoms with van der Waals surface area (Å²) in [5.74, 6) is -1.82. The van der Waals surface area contributed by atoms with E-state index in [1.54, 1.807) is 25.1 Å². The van der Waals surface area contributed by atoms with E-state index in [2.05, 4.69) is 5.32 Å². The first-order chi connectivity index (χ1) is 17.1. The number of hydrogen-bond donors (Lipinski definition) is 1. The smallest absolute Gasteiger partial charge is 0.269 e. The molecule has 36 heavy (non-hydrogen) atoms. The molecule has 1 fully saturated rings. The number of fused-ring (bicyclic) bond motifs is 1. The van der Waals surface area contributed by atoms with Crippen LogP contribution < -0.4 is 5.32 Å². The Bertz CT molecular complexity index is 1290. The molecule has 2 aliphatic rings. The summed E-state index contributed by atoms with van der Waals surface area (Å²) in [7, 11) is -4.19. The van der Waals surface area contributed by atoms with Crippen LogP contribution in [0.1, 0.15) is 54.9 Å². The van der Waals surface area contributed by atoms with Crippen molar-refractivity contribution in [1.29, 1.82) is 0 Å². The number of hydrogen-bond acceptors (Lipinski definition) is 5. The number of rotatable bonds is 7. The Kier molecular flexibility index (Phi) is 7.92. The Hall–Kier alpha value is -2.62. The number of nitrogens with one attached hydrogen (secondary N) is 1. The van der Waals surface area contributed by atoms with Crippen LogP contribution in [0.25, 0.3) is 0 Å². The van der Waals surface area contributed by atoms with Crippen molar-refractivity contribution in [1.82, 2.24) is 14.5 Å². The molecule has 1 atom stereocenters. The molecule has 1 aliphatic heterocycles. The second-order valence-electron chi connectivity index (χ2n) is 9.09. The SMILES string of the molecule is C[C@H](C(=O)NC1CCCCC1)N(Cc1ccc(Cl)cc1Cl)C(=O)CN1C(=O)c2ccccc2S1(=O)=O. The minimum atomic E-state index is -4.19. The fourth-order valence-electron chi connectivity index (χ4n) is 4.59. The van der Waals surface area contributed by atoms with Gasteiger partial charge in [0.05, 0.1) is 5.56 Å². The first kappa shape index (κ1) is 26.4. The molecule has 1 N–H and O–H groups in total. The highest BCUT2D eigenvalue weighted by atomic mass is 35.5. The quantitative estimate of drug-likeness (QED) is 0.559. The molecule has 0 aromatic heterocycles. The summed E-state index contributed by atoms with van der Waals surface area (Å²) >= 11 is 12.3. The average molecular weight is 552 g/mol. The number of amides is 3. The van der Waals surface area contributed by atoms with Crippen LogP contribution in [-0.4, -0.2) is 54.0 Å². The van der Waals surface area contributed by atoms with Gasteiger partial charge in [0.15, 0.2) is 0 Å². The number of carbonyl (C=O) groups excluding carboxylic acids is 3. The normalized spacial score (nSPS) is 18.0. The summed E-state index contributed by atoms with van der Waals surface area (Å²) in [6.07, 6.45) is 4.92. The molecule has 1 aliphatic carbocycles. The third kappa shape index (κ3) is 5.38. The molecule has 1 saturated carbocycles. The summed E-state index contributed by atoms with van der Waals surface area (Å²) in [4.78, 5) is 40.6. The lowest BCUT2D eigenvalue weighted by Crippen LogP contribution is -2.52. The van der Waals surface area contributed by atoms with Crippen LogP contribution >= 0.6 is 23.2 Å². The minimum Gasteiger partial charge on any atom is -0.352 e. The lowest BCUT2D eigenvalue weighted by molar-refractivity contribution is -0.140. The zero-order valence-electron chi connectivity index (χ0n) is 19.7.